The van der Waals surface area contributed by atoms with E-state index in [1.54, 1.807) is 0 Å². The van der Waals surface area contributed by atoms with Gasteiger partial charge in [0.25, 0.3) is 0 Å². The Labute approximate surface area is 131 Å². The van der Waals surface area contributed by atoms with Crippen molar-refractivity contribution in [1.82, 2.24) is 15.3 Å². The van der Waals surface area contributed by atoms with Gasteiger partial charge in [0.05, 0.1) is 0 Å². The maximum atomic E-state index is 4.72. The van der Waals surface area contributed by atoms with E-state index >= 15 is 0 Å². The molecule has 0 spiro atoms. The average molecular weight is 343 g/mol. The van der Waals surface area contributed by atoms with E-state index in [4.69, 9.17) is 4.99 Å². The van der Waals surface area contributed by atoms with Crippen LogP contribution in [0.25, 0.3) is 0 Å². The molecule has 1 aliphatic heterocycles. The van der Waals surface area contributed by atoms with Gasteiger partial charge >= 0.3 is 0 Å². The summed E-state index contributed by atoms with van der Waals surface area (Å²) in [6.07, 6.45) is 3.22. The van der Waals surface area contributed by atoms with E-state index in [2.05, 4.69) is 71.7 Å². The lowest BCUT2D eigenvalue weighted by atomic mass is 10.1. The zero-order valence-corrected chi connectivity index (χ0v) is 14.7. The number of hydrazine groups is 1. The molecule has 1 rings (SSSR count). The van der Waals surface area contributed by atoms with Crippen LogP contribution in [0, 0.1) is 0 Å². The number of allylic oxidation sites excluding steroid dienone is 1. The summed E-state index contributed by atoms with van der Waals surface area (Å²) in [6, 6.07) is 0. The van der Waals surface area contributed by atoms with Gasteiger partial charge in [-0.3, -0.25) is 10.0 Å². The van der Waals surface area contributed by atoms with E-state index in [-0.39, 0.29) is 0 Å². The van der Waals surface area contributed by atoms with E-state index in [1.165, 1.54) is 0 Å². The van der Waals surface area contributed by atoms with Gasteiger partial charge in [-0.05, 0) is 20.3 Å². The van der Waals surface area contributed by atoms with Crippen LogP contribution >= 0.6 is 15.9 Å². The molecule has 0 fully saturated rings. The summed E-state index contributed by atoms with van der Waals surface area (Å²) in [5, 5.41) is 7.78. The Morgan fingerprint density at radius 3 is 2.80 bits per heavy atom. The van der Waals surface area contributed by atoms with Gasteiger partial charge in [-0.25, -0.2) is 5.01 Å². The number of alkyl halides is 1. The predicted molar refractivity (Wildman–Crippen MR) is 91.2 cm³/mol. The first-order valence-electron chi connectivity index (χ1n) is 7.35. The molecule has 1 atom stereocenters. The summed E-state index contributed by atoms with van der Waals surface area (Å²) in [7, 11) is 2.10. The number of hydrogen-bond acceptors (Lipinski definition) is 3. The normalized spacial score (nSPS) is 21.9. The highest BCUT2D eigenvalue weighted by Crippen LogP contribution is 2.22. The molecule has 1 heterocycles. The fraction of sp³-hybridized carbons (Fsp3) is 0.667. The van der Waals surface area contributed by atoms with Crippen LogP contribution in [0.3, 0.4) is 0 Å². The van der Waals surface area contributed by atoms with E-state index in [9.17, 15) is 0 Å². The third kappa shape index (κ3) is 4.35. The number of rotatable bonds is 6. The van der Waals surface area contributed by atoms with E-state index < -0.39 is 0 Å². The Morgan fingerprint density at radius 2 is 2.25 bits per heavy atom. The summed E-state index contributed by atoms with van der Waals surface area (Å²) in [5.74, 6) is 1.02. The minimum atomic E-state index is 0.422. The minimum Gasteiger partial charge on any atom is -0.385 e. The highest BCUT2D eigenvalue weighted by atomic mass is 79.9. The number of nitrogens with zero attached hydrogens (tertiary/aromatic N) is 3. The van der Waals surface area contributed by atoms with Gasteiger partial charge in [-0.2, -0.15) is 0 Å². The van der Waals surface area contributed by atoms with Crippen LogP contribution in [0.5, 0.6) is 0 Å². The lowest BCUT2D eigenvalue weighted by molar-refractivity contribution is 0.0855. The van der Waals surface area contributed by atoms with Crippen LogP contribution in [-0.4, -0.2) is 53.9 Å². The van der Waals surface area contributed by atoms with Gasteiger partial charge < -0.3 is 5.32 Å². The summed E-state index contributed by atoms with van der Waals surface area (Å²) < 4.78 is 0. The topological polar surface area (TPSA) is 30.9 Å². The second kappa shape index (κ2) is 8.47. The lowest BCUT2D eigenvalue weighted by Crippen LogP contribution is -2.47. The molecule has 0 aromatic carbocycles. The molecule has 0 amide bonds. The first-order valence-corrected chi connectivity index (χ1v) is 8.27. The zero-order valence-electron chi connectivity index (χ0n) is 13.1. The summed E-state index contributed by atoms with van der Waals surface area (Å²) >= 11 is 3.75. The molecule has 20 heavy (non-hydrogen) atoms. The molecule has 0 aromatic rings. The van der Waals surface area contributed by atoms with E-state index in [0.29, 0.717) is 4.83 Å². The lowest BCUT2D eigenvalue weighted by Gasteiger charge is -2.35. The smallest absolute Gasteiger partial charge is 0.147 e. The van der Waals surface area contributed by atoms with Crippen LogP contribution in [0.4, 0.5) is 0 Å². The number of amidine groups is 1. The fourth-order valence-electron chi connectivity index (χ4n) is 2.18. The molecule has 1 unspecified atom stereocenters. The molecule has 0 saturated carbocycles. The largest absolute Gasteiger partial charge is 0.385 e. The molecule has 5 heteroatoms. The summed E-state index contributed by atoms with van der Waals surface area (Å²) in [4.78, 5) is 5.15. The Balaban J connectivity index is 3.16. The first kappa shape index (κ1) is 17.2. The maximum Gasteiger partial charge on any atom is 0.147 e. The highest BCUT2D eigenvalue weighted by Gasteiger charge is 2.26. The Kier molecular flexibility index (Phi) is 7.30. The van der Waals surface area contributed by atoms with Gasteiger partial charge in [0.1, 0.15) is 5.84 Å². The summed E-state index contributed by atoms with van der Waals surface area (Å²) in [5.41, 5.74) is 2.08. The molecule has 0 bridgehead atoms. The molecule has 0 radical (unpaired) electrons. The van der Waals surface area contributed by atoms with Crippen molar-refractivity contribution in [3.8, 4) is 0 Å². The van der Waals surface area contributed by atoms with Crippen molar-refractivity contribution in [2.45, 2.75) is 32.0 Å². The van der Waals surface area contributed by atoms with Crippen LogP contribution in [0.2, 0.25) is 0 Å². The van der Waals surface area contributed by atoms with Crippen molar-refractivity contribution in [2.24, 2.45) is 4.99 Å². The molecule has 0 aromatic heterocycles. The highest BCUT2D eigenvalue weighted by molar-refractivity contribution is 9.09. The van der Waals surface area contributed by atoms with Crippen molar-refractivity contribution in [1.29, 1.82) is 0 Å². The number of halogens is 1. The number of aliphatic imine (C=N–C) groups is 1. The van der Waals surface area contributed by atoms with Crippen LogP contribution < -0.4 is 5.32 Å². The second-order valence-corrected chi connectivity index (χ2v) is 6.11. The Morgan fingerprint density at radius 1 is 1.55 bits per heavy atom. The monoisotopic (exact) mass is 342 g/mol. The first-order chi connectivity index (χ1) is 9.54. The van der Waals surface area contributed by atoms with Crippen molar-refractivity contribution in [3.63, 3.8) is 0 Å². The molecular weight excluding hydrogens is 316 g/mol. The standard InChI is InChI=1S/C15H27BrN4/c1-6-17-12(4)14-10-9-13(16)11-20(19(5)8-3)15(14)18-7-2/h10,13,17H,4,6-9,11H2,1-3,5H3/b18-15-. The number of nitrogens with one attached hydrogen (secondary N) is 1. The zero-order chi connectivity index (χ0) is 15.1. The van der Waals surface area contributed by atoms with Crippen molar-refractivity contribution < 1.29 is 0 Å². The van der Waals surface area contributed by atoms with Gasteiger partial charge in [-0.15, -0.1) is 0 Å². The molecule has 114 valence electrons. The van der Waals surface area contributed by atoms with Crippen molar-refractivity contribution in [2.75, 3.05) is 33.2 Å². The predicted octanol–water partition coefficient (Wildman–Crippen LogP) is 2.79. The van der Waals surface area contributed by atoms with Crippen LogP contribution in [-0.2, 0) is 0 Å². The minimum absolute atomic E-state index is 0.422. The molecular formula is C15H27BrN4. The molecule has 0 saturated heterocycles. The third-order valence-electron chi connectivity index (χ3n) is 3.33. The Bertz CT molecular complexity index is 389. The van der Waals surface area contributed by atoms with Crippen LogP contribution in [0.15, 0.2) is 28.9 Å². The quantitative estimate of drug-likeness (QED) is 0.753. The van der Waals surface area contributed by atoms with Crippen molar-refractivity contribution in [3.05, 3.63) is 23.9 Å². The van der Waals surface area contributed by atoms with E-state index in [0.717, 1.165) is 49.7 Å². The average Bonchev–Trinajstić information content (AvgIpc) is 2.58. The molecule has 1 aliphatic rings. The third-order valence-corrected chi connectivity index (χ3v) is 3.99. The number of hydrogen-bond donors (Lipinski definition) is 1. The molecule has 0 aliphatic carbocycles. The van der Waals surface area contributed by atoms with Crippen molar-refractivity contribution >= 4 is 21.8 Å². The second-order valence-electron chi connectivity index (χ2n) is 4.81. The number of likely N-dealkylation sites (N-methyl/N-ethyl adjacent to an activating group) is 1. The van der Waals surface area contributed by atoms with Gasteiger partial charge in [-0.1, -0.05) is 35.5 Å². The SMILES string of the molecule is C=C(NCC)C1=CCC(Br)CN(N(C)CC)/C1=N\CC. The Hall–Kier alpha value is -0.810. The van der Waals surface area contributed by atoms with Crippen LogP contribution in [0.1, 0.15) is 27.2 Å². The summed E-state index contributed by atoms with van der Waals surface area (Å²) in [6.45, 7) is 14.0. The van der Waals surface area contributed by atoms with Gasteiger partial charge in [0.2, 0.25) is 0 Å². The van der Waals surface area contributed by atoms with Gasteiger partial charge in [0, 0.05) is 49.3 Å². The van der Waals surface area contributed by atoms with Gasteiger partial charge in [0.15, 0.2) is 0 Å². The molecule has 4 nitrogen and oxygen atoms in total. The molecule has 1 N–H and O–H groups in total. The maximum absolute atomic E-state index is 4.72. The van der Waals surface area contributed by atoms with E-state index in [1.807, 2.05) is 0 Å². The fourth-order valence-corrected chi connectivity index (χ4v) is 2.64.